The maximum atomic E-state index is 13.2. The second-order valence-corrected chi connectivity index (χ2v) is 11.2. The van der Waals surface area contributed by atoms with Crippen molar-refractivity contribution in [2.45, 2.75) is 78.6 Å². The average molecular weight is 540 g/mol. The van der Waals surface area contributed by atoms with Crippen molar-refractivity contribution in [1.29, 1.82) is 0 Å². The van der Waals surface area contributed by atoms with Crippen molar-refractivity contribution in [2.24, 2.45) is 4.99 Å². The number of carbonyl (C=O) groups is 2. The third-order valence-corrected chi connectivity index (χ3v) is 5.67. The third-order valence-electron chi connectivity index (χ3n) is 4.89. The normalized spacial score (nSPS) is 15.2. The topological polar surface area (TPSA) is 83.5 Å². The van der Waals surface area contributed by atoms with E-state index in [1.807, 2.05) is 45.0 Å². The Hall–Kier alpha value is -2.13. The number of hydrogen-bond donors (Lipinski definition) is 1. The molecule has 0 saturated carbocycles. The molecule has 1 saturated heterocycles. The van der Waals surface area contributed by atoms with Crippen LogP contribution in [0, 0.1) is 0 Å². The van der Waals surface area contributed by atoms with Crippen LogP contribution in [-0.4, -0.2) is 65.3 Å². The van der Waals surface area contributed by atoms with Gasteiger partial charge in [-0.1, -0.05) is 34.1 Å². The van der Waals surface area contributed by atoms with Gasteiger partial charge >= 0.3 is 12.2 Å². The zero-order valence-corrected chi connectivity index (χ0v) is 22.9. The van der Waals surface area contributed by atoms with Crippen molar-refractivity contribution < 1.29 is 19.1 Å². The van der Waals surface area contributed by atoms with Gasteiger partial charge in [0.05, 0.1) is 6.54 Å². The van der Waals surface area contributed by atoms with Crippen LogP contribution in [0.4, 0.5) is 9.59 Å². The van der Waals surface area contributed by atoms with Gasteiger partial charge in [0.15, 0.2) is 0 Å². The average Bonchev–Trinajstić information content (AvgIpc) is 3.20. The fraction of sp³-hybridized carbons (Fsp3) is 0.640. The lowest BCUT2D eigenvalue weighted by Gasteiger charge is -2.29. The van der Waals surface area contributed by atoms with Crippen LogP contribution in [0.5, 0.6) is 0 Å². The molecule has 1 N–H and O–H groups in total. The molecule has 1 heterocycles. The van der Waals surface area contributed by atoms with Gasteiger partial charge in [-0.25, -0.2) is 19.5 Å². The second kappa shape index (κ2) is 12.5. The highest BCUT2D eigenvalue weighted by molar-refractivity contribution is 9.10. The lowest BCUT2D eigenvalue weighted by Crippen LogP contribution is -2.50. The molecule has 1 aromatic carbocycles. The summed E-state index contributed by atoms with van der Waals surface area (Å²) in [6.45, 7) is 14.4. The van der Waals surface area contributed by atoms with Crippen LogP contribution in [0.2, 0.25) is 0 Å². The van der Waals surface area contributed by atoms with Crippen LogP contribution in [-0.2, 0) is 16.0 Å². The molecule has 0 spiro atoms. The lowest BCUT2D eigenvalue weighted by atomic mass is 10.2. The van der Waals surface area contributed by atoms with E-state index in [1.165, 1.54) is 17.7 Å². The molecule has 9 heteroatoms. The Morgan fingerprint density at radius 3 is 2.26 bits per heavy atom. The Morgan fingerprint density at radius 1 is 1.06 bits per heavy atom. The maximum Gasteiger partial charge on any atom is 0.417 e. The van der Waals surface area contributed by atoms with E-state index in [0.29, 0.717) is 6.54 Å². The highest BCUT2D eigenvalue weighted by Gasteiger charge is 2.28. The predicted molar refractivity (Wildman–Crippen MR) is 138 cm³/mol. The van der Waals surface area contributed by atoms with Crippen molar-refractivity contribution in [2.75, 3.05) is 26.2 Å². The van der Waals surface area contributed by atoms with Gasteiger partial charge in [0.1, 0.15) is 11.2 Å². The minimum Gasteiger partial charge on any atom is -0.444 e. The Kier molecular flexibility index (Phi) is 10.4. The molecule has 190 valence electrons. The standard InChI is InChI=1S/C25H39BrN4O4/c1-24(2,3)33-22(31)28-21(27-18-19-12-7-8-13-20(19)26)30(23(32)34-25(4,5)6)17-11-16-29-14-9-10-15-29/h7-8,12-13H,9-11,14-18H2,1-6H3,(H,27,28,31). The molecule has 0 unspecified atom stereocenters. The summed E-state index contributed by atoms with van der Waals surface area (Å²) in [4.78, 5) is 34.2. The third kappa shape index (κ3) is 10.4. The number of benzene rings is 1. The van der Waals surface area contributed by atoms with Gasteiger partial charge in [-0.05, 0) is 92.1 Å². The fourth-order valence-corrected chi connectivity index (χ4v) is 3.84. The van der Waals surface area contributed by atoms with Crippen molar-refractivity contribution in [3.05, 3.63) is 34.3 Å². The van der Waals surface area contributed by atoms with Gasteiger partial charge in [-0.3, -0.25) is 5.32 Å². The van der Waals surface area contributed by atoms with E-state index in [1.54, 1.807) is 20.8 Å². The smallest absolute Gasteiger partial charge is 0.417 e. The number of nitrogens with one attached hydrogen (secondary N) is 1. The first-order valence-electron chi connectivity index (χ1n) is 11.8. The number of rotatable bonds is 6. The monoisotopic (exact) mass is 538 g/mol. The number of hydrogen-bond acceptors (Lipinski definition) is 6. The number of carbonyl (C=O) groups excluding carboxylic acids is 2. The van der Waals surface area contributed by atoms with E-state index < -0.39 is 23.4 Å². The number of amides is 2. The number of aliphatic imine (C=N–C) groups is 1. The molecular weight excluding hydrogens is 500 g/mol. The van der Waals surface area contributed by atoms with Crippen LogP contribution < -0.4 is 5.32 Å². The number of ether oxygens (including phenoxy) is 2. The van der Waals surface area contributed by atoms with E-state index in [0.717, 1.165) is 36.1 Å². The number of nitrogens with zero attached hydrogens (tertiary/aromatic N) is 3. The number of alkyl carbamates (subject to hydrolysis) is 1. The molecule has 0 bridgehead atoms. The van der Waals surface area contributed by atoms with Crippen LogP contribution in [0.15, 0.2) is 33.7 Å². The van der Waals surface area contributed by atoms with Gasteiger partial charge < -0.3 is 14.4 Å². The van der Waals surface area contributed by atoms with Gasteiger partial charge in [-0.15, -0.1) is 0 Å². The molecule has 34 heavy (non-hydrogen) atoms. The molecule has 0 aliphatic carbocycles. The summed E-state index contributed by atoms with van der Waals surface area (Å²) in [6, 6.07) is 7.69. The van der Waals surface area contributed by atoms with Gasteiger partial charge in [0.25, 0.3) is 0 Å². The fourth-order valence-electron chi connectivity index (χ4n) is 3.43. The first-order chi connectivity index (χ1) is 15.8. The van der Waals surface area contributed by atoms with Crippen LogP contribution >= 0.6 is 15.9 Å². The predicted octanol–water partition coefficient (Wildman–Crippen LogP) is 5.55. The molecule has 1 aliphatic rings. The molecule has 1 fully saturated rings. The van der Waals surface area contributed by atoms with Gasteiger partial charge in [0.2, 0.25) is 5.96 Å². The summed E-state index contributed by atoms with van der Waals surface area (Å²) in [5, 5.41) is 2.69. The number of halogens is 1. The van der Waals surface area contributed by atoms with Gasteiger partial charge in [-0.2, -0.15) is 0 Å². The van der Waals surface area contributed by atoms with E-state index in [9.17, 15) is 9.59 Å². The van der Waals surface area contributed by atoms with Crippen molar-refractivity contribution >= 4 is 34.1 Å². The Bertz CT molecular complexity index is 855. The highest BCUT2D eigenvalue weighted by atomic mass is 79.9. The molecule has 0 aromatic heterocycles. The SMILES string of the molecule is CC(C)(C)OC(=O)NC(=NCc1ccccc1Br)N(CCCN1CCCC1)C(=O)OC(C)(C)C. The highest BCUT2D eigenvalue weighted by Crippen LogP contribution is 2.18. The second-order valence-electron chi connectivity index (χ2n) is 10.4. The molecular formula is C25H39BrN4O4. The molecule has 1 aliphatic heterocycles. The maximum absolute atomic E-state index is 13.2. The van der Waals surface area contributed by atoms with Gasteiger partial charge in [0, 0.05) is 11.0 Å². The summed E-state index contributed by atoms with van der Waals surface area (Å²) >= 11 is 3.53. The van der Waals surface area contributed by atoms with Crippen molar-refractivity contribution in [3.8, 4) is 0 Å². The molecule has 2 amide bonds. The summed E-state index contributed by atoms with van der Waals surface area (Å²) in [7, 11) is 0. The molecule has 0 atom stereocenters. The summed E-state index contributed by atoms with van der Waals surface area (Å²) < 4.78 is 12.0. The first-order valence-corrected chi connectivity index (χ1v) is 12.6. The summed E-state index contributed by atoms with van der Waals surface area (Å²) in [5.41, 5.74) is -0.458. The van der Waals surface area contributed by atoms with Crippen LogP contribution in [0.25, 0.3) is 0 Å². The summed E-state index contributed by atoms with van der Waals surface area (Å²) in [5.74, 6) is 0.112. The van der Waals surface area contributed by atoms with Crippen LogP contribution in [0.1, 0.15) is 66.4 Å². The minimum atomic E-state index is -0.691. The van der Waals surface area contributed by atoms with Crippen molar-refractivity contribution in [1.82, 2.24) is 15.1 Å². The first kappa shape index (κ1) is 28.1. The molecule has 1 aromatic rings. The van der Waals surface area contributed by atoms with E-state index in [4.69, 9.17) is 9.47 Å². The Balaban J connectivity index is 2.29. The zero-order chi connectivity index (χ0) is 25.4. The quantitative estimate of drug-likeness (QED) is 0.379. The molecule has 0 radical (unpaired) electrons. The molecule has 2 rings (SSSR count). The minimum absolute atomic E-state index is 0.112. The van der Waals surface area contributed by atoms with E-state index in [-0.39, 0.29) is 12.5 Å². The number of guanidine groups is 1. The zero-order valence-electron chi connectivity index (χ0n) is 21.3. The molecule has 8 nitrogen and oxygen atoms in total. The Morgan fingerprint density at radius 2 is 1.68 bits per heavy atom. The van der Waals surface area contributed by atoms with Crippen molar-refractivity contribution in [3.63, 3.8) is 0 Å². The lowest BCUT2D eigenvalue weighted by molar-refractivity contribution is 0.0354. The van der Waals surface area contributed by atoms with Crippen LogP contribution in [0.3, 0.4) is 0 Å². The number of likely N-dealkylation sites (tertiary alicyclic amines) is 1. The largest absolute Gasteiger partial charge is 0.444 e. The van der Waals surface area contributed by atoms with E-state index >= 15 is 0 Å². The summed E-state index contributed by atoms with van der Waals surface area (Å²) in [6.07, 6.45) is 1.90. The van der Waals surface area contributed by atoms with E-state index in [2.05, 4.69) is 31.1 Å². The Labute approximate surface area is 212 Å².